The smallest absolute Gasteiger partial charge is 0.261 e. The Morgan fingerprint density at radius 3 is 2.13 bits per heavy atom. The van der Waals surface area contributed by atoms with Gasteiger partial charge in [-0.15, -0.1) is 11.8 Å². The molecule has 3 aromatic rings. The van der Waals surface area contributed by atoms with Crippen LogP contribution < -0.4 is 10.0 Å². The van der Waals surface area contributed by atoms with Gasteiger partial charge in [0.15, 0.2) is 0 Å². The van der Waals surface area contributed by atoms with Crippen molar-refractivity contribution in [1.29, 1.82) is 0 Å². The summed E-state index contributed by atoms with van der Waals surface area (Å²) in [5.41, 5.74) is 3.17. The fraction of sp³-hybridized carbons (Fsp3) is 0.174. The highest BCUT2D eigenvalue weighted by atomic mass is 32.2. The van der Waals surface area contributed by atoms with E-state index in [9.17, 15) is 13.2 Å². The maximum atomic E-state index is 12.6. The van der Waals surface area contributed by atoms with Crippen molar-refractivity contribution < 1.29 is 13.2 Å². The number of aryl methyl sites for hydroxylation is 2. The topological polar surface area (TPSA) is 75.3 Å². The van der Waals surface area contributed by atoms with Gasteiger partial charge in [0.05, 0.1) is 10.1 Å². The zero-order valence-corrected chi connectivity index (χ0v) is 18.7. The Balaban J connectivity index is 1.64. The van der Waals surface area contributed by atoms with Crippen LogP contribution in [0.4, 0.5) is 11.4 Å². The zero-order valence-electron chi connectivity index (χ0n) is 17.0. The van der Waals surface area contributed by atoms with Crippen molar-refractivity contribution in [3.8, 4) is 0 Å². The predicted octanol–water partition coefficient (Wildman–Crippen LogP) is 5.22. The Kier molecular flexibility index (Phi) is 6.84. The van der Waals surface area contributed by atoms with Crippen LogP contribution in [0.3, 0.4) is 0 Å². The molecule has 1 atom stereocenters. The maximum absolute atomic E-state index is 12.6. The molecule has 0 aliphatic heterocycles. The Hall–Kier alpha value is -2.77. The van der Waals surface area contributed by atoms with Gasteiger partial charge in [0.2, 0.25) is 5.91 Å². The van der Waals surface area contributed by atoms with Crippen molar-refractivity contribution in [1.82, 2.24) is 0 Å². The molecule has 0 aliphatic carbocycles. The molecule has 1 amide bonds. The van der Waals surface area contributed by atoms with Gasteiger partial charge in [0.25, 0.3) is 10.0 Å². The van der Waals surface area contributed by atoms with E-state index in [2.05, 4.69) is 10.0 Å². The molecule has 156 valence electrons. The monoisotopic (exact) mass is 440 g/mol. The van der Waals surface area contributed by atoms with Crippen LogP contribution in [-0.4, -0.2) is 19.6 Å². The lowest BCUT2D eigenvalue weighted by Crippen LogP contribution is -2.22. The van der Waals surface area contributed by atoms with Crippen molar-refractivity contribution in [3.63, 3.8) is 0 Å². The van der Waals surface area contributed by atoms with Crippen molar-refractivity contribution >= 4 is 39.1 Å². The van der Waals surface area contributed by atoms with Crippen LogP contribution in [0, 0.1) is 13.8 Å². The van der Waals surface area contributed by atoms with E-state index < -0.39 is 10.0 Å². The van der Waals surface area contributed by atoms with Crippen molar-refractivity contribution in [2.24, 2.45) is 0 Å². The predicted molar refractivity (Wildman–Crippen MR) is 124 cm³/mol. The van der Waals surface area contributed by atoms with Crippen molar-refractivity contribution in [3.05, 3.63) is 83.9 Å². The molecule has 30 heavy (non-hydrogen) atoms. The third kappa shape index (κ3) is 5.64. The summed E-state index contributed by atoms with van der Waals surface area (Å²) in [5.74, 6) is -0.146. The number of nitrogens with one attached hydrogen (secondary N) is 2. The van der Waals surface area contributed by atoms with Crippen LogP contribution in [0.2, 0.25) is 0 Å². The first kappa shape index (κ1) is 21.9. The summed E-state index contributed by atoms with van der Waals surface area (Å²) in [6, 6.07) is 21.2. The average molecular weight is 441 g/mol. The molecule has 2 N–H and O–H groups in total. The Morgan fingerprint density at radius 2 is 1.50 bits per heavy atom. The van der Waals surface area contributed by atoms with E-state index in [1.807, 2.05) is 57.2 Å². The fourth-order valence-electron chi connectivity index (χ4n) is 2.74. The first-order valence-electron chi connectivity index (χ1n) is 9.47. The summed E-state index contributed by atoms with van der Waals surface area (Å²) in [7, 11) is -3.71. The average Bonchev–Trinajstić information content (AvgIpc) is 2.71. The largest absolute Gasteiger partial charge is 0.325 e. The number of carbonyl (C=O) groups excluding carboxylic acids is 1. The second kappa shape index (κ2) is 9.36. The van der Waals surface area contributed by atoms with Crippen LogP contribution in [-0.2, 0) is 14.8 Å². The molecule has 7 heteroatoms. The third-order valence-corrected chi connectivity index (χ3v) is 7.13. The fourth-order valence-corrected chi connectivity index (χ4v) is 4.67. The van der Waals surface area contributed by atoms with Crippen LogP contribution in [0.15, 0.2) is 82.6 Å². The summed E-state index contributed by atoms with van der Waals surface area (Å²) in [4.78, 5) is 13.6. The molecule has 3 aromatic carbocycles. The van der Waals surface area contributed by atoms with Gasteiger partial charge in [-0.05, 0) is 80.4 Å². The van der Waals surface area contributed by atoms with Crippen LogP contribution in [0.25, 0.3) is 0 Å². The van der Waals surface area contributed by atoms with E-state index in [0.29, 0.717) is 11.4 Å². The van der Waals surface area contributed by atoms with Crippen LogP contribution >= 0.6 is 11.8 Å². The lowest BCUT2D eigenvalue weighted by Gasteiger charge is -2.13. The number of anilines is 2. The van der Waals surface area contributed by atoms with E-state index in [4.69, 9.17) is 0 Å². The van der Waals surface area contributed by atoms with Crippen molar-refractivity contribution in [2.45, 2.75) is 35.8 Å². The number of rotatable bonds is 7. The molecule has 0 saturated heterocycles. The molecule has 5 nitrogen and oxygen atoms in total. The molecule has 0 saturated carbocycles. The molecule has 0 aliphatic rings. The van der Waals surface area contributed by atoms with Gasteiger partial charge in [-0.25, -0.2) is 8.42 Å². The number of hydrogen-bond donors (Lipinski definition) is 2. The van der Waals surface area contributed by atoms with E-state index in [-0.39, 0.29) is 16.1 Å². The molecular weight excluding hydrogens is 416 g/mol. The van der Waals surface area contributed by atoms with Gasteiger partial charge in [-0.1, -0.05) is 24.3 Å². The highest BCUT2D eigenvalue weighted by Gasteiger charge is 2.17. The maximum Gasteiger partial charge on any atom is 0.261 e. The van der Waals surface area contributed by atoms with Gasteiger partial charge in [-0.3, -0.25) is 9.52 Å². The molecule has 0 heterocycles. The molecule has 0 unspecified atom stereocenters. The molecule has 0 fully saturated rings. The second-order valence-electron chi connectivity index (χ2n) is 6.99. The van der Waals surface area contributed by atoms with E-state index in [1.54, 1.807) is 24.3 Å². The second-order valence-corrected chi connectivity index (χ2v) is 10.1. The summed E-state index contributed by atoms with van der Waals surface area (Å²) in [6.45, 7) is 5.74. The molecule has 0 bridgehead atoms. The van der Waals surface area contributed by atoms with Crippen molar-refractivity contribution in [2.75, 3.05) is 10.0 Å². The minimum atomic E-state index is -3.71. The summed E-state index contributed by atoms with van der Waals surface area (Å²) < 4.78 is 27.9. The Bertz CT molecular complexity index is 1130. The van der Waals surface area contributed by atoms with Gasteiger partial charge in [-0.2, -0.15) is 0 Å². The van der Waals surface area contributed by atoms with Crippen LogP contribution in [0.1, 0.15) is 18.1 Å². The normalized spacial score (nSPS) is 12.2. The standard InChI is InChI=1S/C23H24N2O3S2/c1-16-9-10-20(15-17(16)2)25-30(27,28)22-13-11-19(12-14-22)24-23(26)18(3)29-21-7-5-4-6-8-21/h4-15,18,25H,1-3H3,(H,24,26)/t18-/m1/s1. The molecule has 0 spiro atoms. The number of carbonyl (C=O) groups is 1. The Morgan fingerprint density at radius 1 is 0.867 bits per heavy atom. The first-order chi connectivity index (χ1) is 14.2. The number of benzene rings is 3. The number of amides is 1. The minimum Gasteiger partial charge on any atom is -0.325 e. The molecule has 0 aromatic heterocycles. The molecule has 3 rings (SSSR count). The highest BCUT2D eigenvalue weighted by Crippen LogP contribution is 2.24. The van der Waals surface area contributed by atoms with E-state index >= 15 is 0 Å². The Labute approximate surface area is 182 Å². The van der Waals surface area contributed by atoms with Gasteiger partial charge < -0.3 is 5.32 Å². The lowest BCUT2D eigenvalue weighted by molar-refractivity contribution is -0.115. The summed E-state index contributed by atoms with van der Waals surface area (Å²) >= 11 is 1.46. The molecular formula is C23H24N2O3S2. The van der Waals surface area contributed by atoms with Gasteiger partial charge >= 0.3 is 0 Å². The zero-order chi connectivity index (χ0) is 21.7. The van der Waals surface area contributed by atoms with Gasteiger partial charge in [0.1, 0.15) is 0 Å². The quantitative estimate of drug-likeness (QED) is 0.494. The summed E-state index contributed by atoms with van der Waals surface area (Å²) in [5, 5.41) is 2.54. The number of sulfonamides is 1. The van der Waals surface area contributed by atoms with E-state index in [1.165, 1.54) is 23.9 Å². The third-order valence-electron chi connectivity index (χ3n) is 4.62. The van der Waals surface area contributed by atoms with E-state index in [0.717, 1.165) is 16.0 Å². The minimum absolute atomic E-state index is 0.130. The SMILES string of the molecule is Cc1ccc(NS(=O)(=O)c2ccc(NC(=O)[C@@H](C)Sc3ccccc3)cc2)cc1C. The van der Waals surface area contributed by atoms with Gasteiger partial charge in [0, 0.05) is 16.3 Å². The van der Waals surface area contributed by atoms with Crippen LogP contribution in [0.5, 0.6) is 0 Å². The lowest BCUT2D eigenvalue weighted by atomic mass is 10.1. The molecule has 0 radical (unpaired) electrons. The first-order valence-corrected chi connectivity index (χ1v) is 11.8. The highest BCUT2D eigenvalue weighted by molar-refractivity contribution is 8.00. The number of thioether (sulfide) groups is 1. The number of hydrogen-bond acceptors (Lipinski definition) is 4. The summed E-state index contributed by atoms with van der Waals surface area (Å²) in [6.07, 6.45) is 0.